The van der Waals surface area contributed by atoms with E-state index in [-0.39, 0.29) is 6.61 Å². The summed E-state index contributed by atoms with van der Waals surface area (Å²) in [6.45, 7) is 0.504. The quantitative estimate of drug-likeness (QED) is 0.388. The first-order valence-corrected chi connectivity index (χ1v) is 10.8. The molecule has 1 heterocycles. The Bertz CT molecular complexity index is 1330. The summed E-state index contributed by atoms with van der Waals surface area (Å²) < 4.78 is 12.5. The molecule has 33 heavy (non-hydrogen) atoms. The zero-order valence-corrected chi connectivity index (χ0v) is 18.8. The van der Waals surface area contributed by atoms with Crippen LogP contribution in [0.2, 0.25) is 5.02 Å². The third-order valence-electron chi connectivity index (χ3n) is 5.34. The van der Waals surface area contributed by atoms with E-state index in [4.69, 9.17) is 26.8 Å². The maximum Gasteiger partial charge on any atom is 0.338 e. The number of primary amides is 1. The van der Waals surface area contributed by atoms with Crippen LogP contribution in [-0.2, 0) is 22.5 Å². The Morgan fingerprint density at radius 2 is 1.85 bits per heavy atom. The van der Waals surface area contributed by atoms with Gasteiger partial charge < -0.3 is 19.8 Å². The maximum absolute atomic E-state index is 12.1. The summed E-state index contributed by atoms with van der Waals surface area (Å²) in [6, 6.07) is 21.2. The molecular weight excluding hydrogens is 440 g/mol. The predicted molar refractivity (Wildman–Crippen MR) is 128 cm³/mol. The number of halogens is 1. The van der Waals surface area contributed by atoms with Crippen molar-refractivity contribution in [1.29, 1.82) is 0 Å². The van der Waals surface area contributed by atoms with E-state index in [2.05, 4.69) is 28.8 Å². The Balaban J connectivity index is 1.55. The Labute approximate surface area is 196 Å². The topological polar surface area (TPSA) is 83.6 Å². The molecule has 0 bridgehead atoms. The van der Waals surface area contributed by atoms with Crippen LogP contribution in [0.4, 0.5) is 0 Å². The average Bonchev–Trinajstić information content (AvgIpc) is 3.20. The Morgan fingerprint density at radius 1 is 1.00 bits per heavy atom. The van der Waals surface area contributed by atoms with Crippen LogP contribution in [0, 0.1) is 0 Å². The van der Waals surface area contributed by atoms with Crippen molar-refractivity contribution in [1.82, 2.24) is 4.57 Å². The molecule has 0 aliphatic carbocycles. The molecule has 0 saturated carbocycles. The number of esters is 1. The predicted octanol–water partition coefficient (Wildman–Crippen LogP) is 4.58. The van der Waals surface area contributed by atoms with Gasteiger partial charge in [0.2, 0.25) is 0 Å². The van der Waals surface area contributed by atoms with Crippen molar-refractivity contribution in [2.45, 2.75) is 13.0 Å². The molecule has 3 aromatic carbocycles. The van der Waals surface area contributed by atoms with Crippen molar-refractivity contribution >= 4 is 34.4 Å². The van der Waals surface area contributed by atoms with Gasteiger partial charge in [-0.15, -0.1) is 0 Å². The van der Waals surface area contributed by atoms with Crippen molar-refractivity contribution in [2.24, 2.45) is 5.73 Å². The lowest BCUT2D eigenvalue weighted by molar-refractivity contribution is -0.119. The molecule has 2 N–H and O–H groups in total. The molecule has 4 rings (SSSR count). The Morgan fingerprint density at radius 3 is 2.64 bits per heavy atom. The van der Waals surface area contributed by atoms with E-state index in [0.29, 0.717) is 29.3 Å². The highest BCUT2D eigenvalue weighted by Gasteiger charge is 2.13. The van der Waals surface area contributed by atoms with Gasteiger partial charge >= 0.3 is 5.97 Å². The highest BCUT2D eigenvalue weighted by molar-refractivity contribution is 6.31. The summed E-state index contributed by atoms with van der Waals surface area (Å²) in [5.41, 5.74) is 9.69. The van der Waals surface area contributed by atoms with E-state index in [1.54, 1.807) is 18.2 Å². The van der Waals surface area contributed by atoms with Crippen molar-refractivity contribution < 1.29 is 19.1 Å². The first-order valence-electron chi connectivity index (χ1n) is 10.4. The second-order valence-corrected chi connectivity index (χ2v) is 8.15. The van der Waals surface area contributed by atoms with Crippen LogP contribution in [-0.4, -0.2) is 30.2 Å². The molecule has 0 aliphatic rings. The lowest BCUT2D eigenvalue weighted by Gasteiger charge is -2.10. The number of ether oxygens (including phenoxy) is 2. The standard InChI is InChI=1S/C26H23ClN2O4/c1-32-26(31)23-14-21(27)7-6-19(23)11-17-5-8-24-20(12-17)9-10-29(24)15-18-3-2-4-22(13-18)33-16-25(28)30/h2-10,12-14H,11,15-16H2,1H3,(H2,28,30). The van der Waals surface area contributed by atoms with E-state index in [9.17, 15) is 9.59 Å². The smallest absolute Gasteiger partial charge is 0.338 e. The summed E-state index contributed by atoms with van der Waals surface area (Å²) in [6.07, 6.45) is 2.62. The normalized spacial score (nSPS) is 10.8. The minimum absolute atomic E-state index is 0.149. The van der Waals surface area contributed by atoms with E-state index in [0.717, 1.165) is 27.6 Å². The van der Waals surface area contributed by atoms with Crippen LogP contribution >= 0.6 is 11.6 Å². The highest BCUT2D eigenvalue weighted by Crippen LogP contribution is 2.24. The summed E-state index contributed by atoms with van der Waals surface area (Å²) in [4.78, 5) is 23.1. The van der Waals surface area contributed by atoms with Gasteiger partial charge in [0.05, 0.1) is 12.7 Å². The van der Waals surface area contributed by atoms with Gasteiger partial charge in [-0.1, -0.05) is 35.9 Å². The third kappa shape index (κ3) is 5.35. The van der Waals surface area contributed by atoms with Gasteiger partial charge in [0, 0.05) is 23.3 Å². The molecule has 0 aliphatic heterocycles. The molecular formula is C26H23ClN2O4. The van der Waals surface area contributed by atoms with Crippen LogP contribution in [0.5, 0.6) is 5.75 Å². The summed E-state index contributed by atoms with van der Waals surface area (Å²) in [5, 5.41) is 1.60. The van der Waals surface area contributed by atoms with Gasteiger partial charge in [-0.3, -0.25) is 4.79 Å². The molecule has 0 saturated heterocycles. The number of methoxy groups -OCH3 is 1. The van der Waals surface area contributed by atoms with Crippen molar-refractivity contribution in [2.75, 3.05) is 13.7 Å². The maximum atomic E-state index is 12.1. The molecule has 0 radical (unpaired) electrons. The van der Waals surface area contributed by atoms with E-state index in [1.807, 2.05) is 30.5 Å². The lowest BCUT2D eigenvalue weighted by atomic mass is 9.99. The lowest BCUT2D eigenvalue weighted by Crippen LogP contribution is -2.20. The monoisotopic (exact) mass is 462 g/mol. The fourth-order valence-corrected chi connectivity index (χ4v) is 3.98. The number of hydrogen-bond acceptors (Lipinski definition) is 4. The zero-order valence-electron chi connectivity index (χ0n) is 18.1. The van der Waals surface area contributed by atoms with Crippen molar-refractivity contribution in [3.63, 3.8) is 0 Å². The Hall–Kier alpha value is -3.77. The van der Waals surface area contributed by atoms with E-state index in [1.165, 1.54) is 7.11 Å². The fraction of sp³-hybridized carbons (Fsp3) is 0.154. The van der Waals surface area contributed by atoms with Crippen LogP contribution in [0.1, 0.15) is 27.0 Å². The number of benzene rings is 3. The van der Waals surface area contributed by atoms with E-state index < -0.39 is 11.9 Å². The number of carbonyl (C=O) groups excluding carboxylic acids is 2. The van der Waals surface area contributed by atoms with E-state index >= 15 is 0 Å². The molecule has 4 aromatic rings. The summed E-state index contributed by atoms with van der Waals surface area (Å²) in [5.74, 6) is -0.305. The SMILES string of the molecule is COC(=O)c1cc(Cl)ccc1Cc1ccc2c(ccn2Cc2cccc(OCC(N)=O)c2)c1. The number of nitrogens with zero attached hydrogens (tertiary/aromatic N) is 1. The molecule has 7 heteroatoms. The number of rotatable bonds is 8. The molecule has 0 fully saturated rings. The fourth-order valence-electron chi connectivity index (χ4n) is 3.80. The minimum Gasteiger partial charge on any atom is -0.484 e. The minimum atomic E-state index is -0.509. The number of fused-ring (bicyclic) bond motifs is 1. The second-order valence-electron chi connectivity index (χ2n) is 7.71. The van der Waals surface area contributed by atoms with Gasteiger partial charge in [-0.25, -0.2) is 4.79 Å². The molecule has 1 amide bonds. The molecule has 6 nitrogen and oxygen atoms in total. The first-order chi connectivity index (χ1) is 15.9. The molecule has 1 aromatic heterocycles. The number of aromatic nitrogens is 1. The molecule has 0 spiro atoms. The average molecular weight is 463 g/mol. The van der Waals surface area contributed by atoms with Gasteiger partial charge in [0.15, 0.2) is 6.61 Å². The number of nitrogens with two attached hydrogens (primary N) is 1. The number of carbonyl (C=O) groups is 2. The summed E-state index contributed by atoms with van der Waals surface area (Å²) >= 11 is 6.07. The zero-order chi connectivity index (χ0) is 23.4. The molecule has 168 valence electrons. The number of amides is 1. The number of hydrogen-bond donors (Lipinski definition) is 1. The van der Waals surface area contributed by atoms with Gasteiger partial charge in [0.1, 0.15) is 5.75 Å². The highest BCUT2D eigenvalue weighted by atomic mass is 35.5. The van der Waals surface area contributed by atoms with Crippen LogP contribution in [0.3, 0.4) is 0 Å². The van der Waals surface area contributed by atoms with Gasteiger partial charge in [-0.2, -0.15) is 0 Å². The summed E-state index contributed by atoms with van der Waals surface area (Å²) in [7, 11) is 1.36. The van der Waals surface area contributed by atoms with Crippen LogP contribution in [0.25, 0.3) is 10.9 Å². The third-order valence-corrected chi connectivity index (χ3v) is 5.57. The van der Waals surface area contributed by atoms with Crippen molar-refractivity contribution in [3.8, 4) is 5.75 Å². The Kier molecular flexibility index (Phi) is 6.66. The molecule has 0 unspecified atom stereocenters. The largest absolute Gasteiger partial charge is 0.484 e. The second kappa shape index (κ2) is 9.79. The van der Waals surface area contributed by atoms with Crippen molar-refractivity contribution in [3.05, 3.63) is 100 Å². The molecule has 0 atom stereocenters. The van der Waals surface area contributed by atoms with Crippen LogP contribution in [0.15, 0.2) is 72.9 Å². The van der Waals surface area contributed by atoms with Crippen LogP contribution < -0.4 is 10.5 Å². The van der Waals surface area contributed by atoms with Gasteiger partial charge in [-0.05, 0) is 71.0 Å². The first kappa shape index (κ1) is 22.4. The van der Waals surface area contributed by atoms with Gasteiger partial charge in [0.25, 0.3) is 5.91 Å².